The standard InChI is InChI=1S/C15H22N2O4/c1-4-21-14(20)15(3)7-5-11(6-8-15)17-10(2)12(9-16-17)13(18)19/h9,11H,4-8H2,1-3H3,(H,18,19). The van der Waals surface area contributed by atoms with E-state index >= 15 is 0 Å². The van der Waals surface area contributed by atoms with Crippen molar-refractivity contribution in [3.05, 3.63) is 17.5 Å². The van der Waals surface area contributed by atoms with Crippen molar-refractivity contribution >= 4 is 11.9 Å². The predicted molar refractivity (Wildman–Crippen MR) is 76.2 cm³/mol. The summed E-state index contributed by atoms with van der Waals surface area (Å²) < 4.78 is 6.93. The zero-order chi connectivity index (χ0) is 15.6. The van der Waals surface area contributed by atoms with Gasteiger partial charge in [0.25, 0.3) is 0 Å². The molecule has 0 bridgehead atoms. The Morgan fingerprint density at radius 2 is 2.10 bits per heavy atom. The molecule has 0 radical (unpaired) electrons. The van der Waals surface area contributed by atoms with Crippen LogP contribution in [-0.4, -0.2) is 33.4 Å². The van der Waals surface area contributed by atoms with E-state index in [1.165, 1.54) is 6.20 Å². The first-order valence-electron chi connectivity index (χ1n) is 7.33. The molecule has 0 aliphatic heterocycles. The minimum atomic E-state index is -0.953. The Bertz CT molecular complexity index is 542. The van der Waals surface area contributed by atoms with E-state index in [9.17, 15) is 9.59 Å². The molecule has 2 rings (SSSR count). The number of hydrogen-bond donors (Lipinski definition) is 1. The van der Waals surface area contributed by atoms with Crippen molar-refractivity contribution in [2.45, 2.75) is 52.5 Å². The number of rotatable bonds is 4. The summed E-state index contributed by atoms with van der Waals surface area (Å²) in [6, 6.07) is 0.153. The van der Waals surface area contributed by atoms with Gasteiger partial charge in [-0.3, -0.25) is 9.48 Å². The van der Waals surface area contributed by atoms with Gasteiger partial charge in [-0.05, 0) is 46.5 Å². The molecule has 1 aromatic rings. The van der Waals surface area contributed by atoms with Crippen molar-refractivity contribution in [2.75, 3.05) is 6.61 Å². The predicted octanol–water partition coefficient (Wildman–Crippen LogP) is 2.57. The van der Waals surface area contributed by atoms with Crippen molar-refractivity contribution < 1.29 is 19.4 Å². The van der Waals surface area contributed by atoms with Gasteiger partial charge < -0.3 is 9.84 Å². The molecule has 6 heteroatoms. The van der Waals surface area contributed by atoms with E-state index in [2.05, 4.69) is 5.10 Å². The summed E-state index contributed by atoms with van der Waals surface area (Å²) >= 11 is 0. The lowest BCUT2D eigenvalue weighted by Crippen LogP contribution is -2.35. The van der Waals surface area contributed by atoms with E-state index in [1.54, 1.807) is 11.6 Å². The zero-order valence-corrected chi connectivity index (χ0v) is 12.8. The second kappa shape index (κ2) is 5.87. The Balaban J connectivity index is 2.08. The molecule has 1 saturated carbocycles. The van der Waals surface area contributed by atoms with Crippen LogP contribution in [0.5, 0.6) is 0 Å². The van der Waals surface area contributed by atoms with Gasteiger partial charge in [-0.15, -0.1) is 0 Å². The maximum atomic E-state index is 12.0. The molecule has 0 unspecified atom stereocenters. The highest BCUT2D eigenvalue weighted by molar-refractivity contribution is 5.88. The van der Waals surface area contributed by atoms with E-state index in [4.69, 9.17) is 9.84 Å². The van der Waals surface area contributed by atoms with Gasteiger partial charge >= 0.3 is 11.9 Å². The fourth-order valence-electron chi connectivity index (χ4n) is 3.00. The van der Waals surface area contributed by atoms with Crippen molar-refractivity contribution in [1.82, 2.24) is 9.78 Å². The number of hydrogen-bond acceptors (Lipinski definition) is 4. The highest BCUT2D eigenvalue weighted by atomic mass is 16.5. The number of aromatic carboxylic acids is 1. The summed E-state index contributed by atoms with van der Waals surface area (Å²) in [5.41, 5.74) is 0.490. The van der Waals surface area contributed by atoms with Crippen molar-refractivity contribution in [3.63, 3.8) is 0 Å². The fourth-order valence-corrected chi connectivity index (χ4v) is 3.00. The van der Waals surface area contributed by atoms with Gasteiger partial charge in [0.05, 0.1) is 30.0 Å². The van der Waals surface area contributed by atoms with E-state index in [-0.39, 0.29) is 17.6 Å². The van der Waals surface area contributed by atoms with E-state index in [1.807, 2.05) is 13.8 Å². The third-order valence-electron chi connectivity index (χ3n) is 4.45. The van der Waals surface area contributed by atoms with E-state index in [0.29, 0.717) is 12.3 Å². The molecule has 1 aromatic heterocycles. The number of carboxylic acid groups (broad SMARTS) is 1. The molecule has 6 nitrogen and oxygen atoms in total. The van der Waals surface area contributed by atoms with Crippen LogP contribution in [0.3, 0.4) is 0 Å². The van der Waals surface area contributed by atoms with Gasteiger partial charge in [-0.25, -0.2) is 4.79 Å². The summed E-state index contributed by atoms with van der Waals surface area (Å²) in [7, 11) is 0. The van der Waals surface area contributed by atoms with Gasteiger partial charge in [0.1, 0.15) is 5.56 Å². The number of esters is 1. The Hall–Kier alpha value is -1.85. The highest BCUT2D eigenvalue weighted by Gasteiger charge is 2.39. The normalized spacial score (nSPS) is 25.6. The Kier molecular flexibility index (Phi) is 4.34. The molecule has 1 aliphatic carbocycles. The lowest BCUT2D eigenvalue weighted by Gasteiger charge is -2.35. The lowest BCUT2D eigenvalue weighted by molar-refractivity contribution is -0.156. The summed E-state index contributed by atoms with van der Waals surface area (Å²) in [5.74, 6) is -1.09. The second-order valence-corrected chi connectivity index (χ2v) is 5.91. The number of carboxylic acids is 1. The molecule has 1 aliphatic rings. The molecule has 0 amide bonds. The molecular formula is C15H22N2O4. The summed E-state index contributed by atoms with van der Waals surface area (Å²) in [6.07, 6.45) is 4.47. The molecule has 0 spiro atoms. The van der Waals surface area contributed by atoms with Crippen LogP contribution in [0.1, 0.15) is 61.6 Å². The topological polar surface area (TPSA) is 81.4 Å². The fraction of sp³-hybridized carbons (Fsp3) is 0.667. The number of nitrogens with zero attached hydrogens (tertiary/aromatic N) is 2. The van der Waals surface area contributed by atoms with E-state index < -0.39 is 11.4 Å². The first-order valence-corrected chi connectivity index (χ1v) is 7.33. The average molecular weight is 294 g/mol. The Labute approximate surface area is 124 Å². The van der Waals surface area contributed by atoms with Crippen LogP contribution in [0, 0.1) is 12.3 Å². The molecule has 0 atom stereocenters. The molecule has 1 N–H and O–H groups in total. The van der Waals surface area contributed by atoms with Crippen molar-refractivity contribution in [3.8, 4) is 0 Å². The smallest absolute Gasteiger partial charge is 0.339 e. The Morgan fingerprint density at radius 3 is 2.57 bits per heavy atom. The van der Waals surface area contributed by atoms with E-state index in [0.717, 1.165) is 25.7 Å². The van der Waals surface area contributed by atoms with Crippen LogP contribution in [0.25, 0.3) is 0 Å². The summed E-state index contributed by atoms with van der Waals surface area (Å²) in [6.45, 7) is 5.93. The van der Waals surface area contributed by atoms with Crippen LogP contribution in [0.15, 0.2) is 6.20 Å². The minimum Gasteiger partial charge on any atom is -0.478 e. The minimum absolute atomic E-state index is 0.133. The SMILES string of the molecule is CCOC(=O)C1(C)CCC(n2ncc(C(=O)O)c2C)CC1. The van der Waals surface area contributed by atoms with Gasteiger partial charge in [-0.1, -0.05) is 0 Å². The summed E-state index contributed by atoms with van der Waals surface area (Å²) in [5, 5.41) is 13.3. The number of carbonyl (C=O) groups is 2. The molecular weight excluding hydrogens is 272 g/mol. The highest BCUT2D eigenvalue weighted by Crippen LogP contribution is 2.41. The molecule has 0 aromatic carbocycles. The van der Waals surface area contributed by atoms with Crippen LogP contribution < -0.4 is 0 Å². The maximum Gasteiger partial charge on any atom is 0.339 e. The number of ether oxygens (including phenoxy) is 1. The first-order chi connectivity index (χ1) is 9.89. The quantitative estimate of drug-likeness (QED) is 0.863. The van der Waals surface area contributed by atoms with Crippen LogP contribution in [0.4, 0.5) is 0 Å². The van der Waals surface area contributed by atoms with Crippen LogP contribution in [-0.2, 0) is 9.53 Å². The maximum absolute atomic E-state index is 12.0. The summed E-state index contributed by atoms with van der Waals surface area (Å²) in [4.78, 5) is 23.1. The average Bonchev–Trinajstić information content (AvgIpc) is 2.82. The molecule has 1 heterocycles. The zero-order valence-electron chi connectivity index (χ0n) is 12.8. The first kappa shape index (κ1) is 15.5. The molecule has 116 valence electrons. The molecule has 21 heavy (non-hydrogen) atoms. The Morgan fingerprint density at radius 1 is 1.48 bits per heavy atom. The van der Waals surface area contributed by atoms with Crippen molar-refractivity contribution in [1.29, 1.82) is 0 Å². The van der Waals surface area contributed by atoms with Crippen molar-refractivity contribution in [2.24, 2.45) is 5.41 Å². The third-order valence-corrected chi connectivity index (χ3v) is 4.45. The lowest BCUT2D eigenvalue weighted by atomic mass is 9.74. The largest absolute Gasteiger partial charge is 0.478 e. The monoisotopic (exact) mass is 294 g/mol. The van der Waals surface area contributed by atoms with Crippen LogP contribution in [0.2, 0.25) is 0 Å². The van der Waals surface area contributed by atoms with Gasteiger partial charge in [0.15, 0.2) is 0 Å². The molecule has 0 saturated heterocycles. The number of aromatic nitrogens is 2. The number of carbonyl (C=O) groups excluding carboxylic acids is 1. The second-order valence-electron chi connectivity index (χ2n) is 5.91. The van der Waals surface area contributed by atoms with Gasteiger partial charge in [0, 0.05) is 0 Å². The third kappa shape index (κ3) is 2.94. The molecule has 1 fully saturated rings. The van der Waals surface area contributed by atoms with Gasteiger partial charge in [-0.2, -0.15) is 5.10 Å². The van der Waals surface area contributed by atoms with Gasteiger partial charge in [0.2, 0.25) is 0 Å². The van der Waals surface area contributed by atoms with Crippen LogP contribution >= 0.6 is 0 Å².